The molecule has 0 heterocycles. The van der Waals surface area contributed by atoms with Gasteiger partial charge in [0.15, 0.2) is 0 Å². The van der Waals surface area contributed by atoms with Gasteiger partial charge in [-0.1, -0.05) is 64.0 Å². The highest BCUT2D eigenvalue weighted by Crippen LogP contribution is 2.48. The number of unbranched alkanes of at least 4 members (excludes halogenated alkanes) is 5. The van der Waals surface area contributed by atoms with Crippen LogP contribution in [0.1, 0.15) is 90.4 Å². The summed E-state index contributed by atoms with van der Waals surface area (Å²) in [4.78, 5) is 12.3. The number of hydrogen-bond donors (Lipinski definition) is 3. The largest absolute Gasteiger partial charge is 0.396 e. The number of Topliss-reactive ketones (excluding diaryl/α,β-unsaturated/α-hetero) is 1. The molecule has 3 N–H and O–H groups in total. The van der Waals surface area contributed by atoms with E-state index in [-0.39, 0.29) is 36.1 Å². The van der Waals surface area contributed by atoms with Crippen molar-refractivity contribution in [1.29, 1.82) is 0 Å². The maximum absolute atomic E-state index is 12.3. The molecule has 0 saturated heterocycles. The van der Waals surface area contributed by atoms with Crippen molar-refractivity contribution in [1.82, 2.24) is 0 Å². The summed E-state index contributed by atoms with van der Waals surface area (Å²) in [5, 5.41) is 29.9. The topological polar surface area (TPSA) is 77.8 Å². The summed E-state index contributed by atoms with van der Waals surface area (Å²) in [5.41, 5.74) is 0.0300. The van der Waals surface area contributed by atoms with Gasteiger partial charge in [-0.25, -0.2) is 0 Å². The zero-order valence-corrected chi connectivity index (χ0v) is 17.1. The number of hydrogen-bond acceptors (Lipinski definition) is 4. The first-order valence-corrected chi connectivity index (χ1v) is 11.2. The van der Waals surface area contributed by atoms with Crippen LogP contribution < -0.4 is 0 Å². The molecule has 0 bridgehead atoms. The van der Waals surface area contributed by atoms with Crippen LogP contribution in [-0.2, 0) is 4.79 Å². The lowest BCUT2D eigenvalue weighted by atomic mass is 9.62. The second-order valence-electron chi connectivity index (χ2n) is 8.85. The zero-order chi connectivity index (χ0) is 19.7. The second-order valence-corrected chi connectivity index (χ2v) is 8.85. The van der Waals surface area contributed by atoms with Crippen molar-refractivity contribution in [3.05, 3.63) is 12.2 Å². The summed E-state index contributed by atoms with van der Waals surface area (Å²) in [6, 6.07) is 0. The van der Waals surface area contributed by atoms with Crippen molar-refractivity contribution in [2.75, 3.05) is 6.61 Å². The molecule has 2 rings (SSSR count). The number of ketones is 1. The van der Waals surface area contributed by atoms with Crippen LogP contribution >= 0.6 is 0 Å². The highest BCUT2D eigenvalue weighted by Gasteiger charge is 2.43. The molecular formula is C23H40O4. The Labute approximate surface area is 165 Å². The first-order valence-electron chi connectivity index (χ1n) is 11.2. The Morgan fingerprint density at radius 1 is 1.15 bits per heavy atom. The molecule has 0 aliphatic heterocycles. The van der Waals surface area contributed by atoms with Crippen molar-refractivity contribution in [2.45, 2.75) is 103 Å². The summed E-state index contributed by atoms with van der Waals surface area (Å²) in [7, 11) is 0. The Hall–Kier alpha value is -0.710. The fourth-order valence-electron chi connectivity index (χ4n) is 4.89. The molecule has 0 aromatic rings. The highest BCUT2D eigenvalue weighted by atomic mass is 16.3. The summed E-state index contributed by atoms with van der Waals surface area (Å²) in [6.07, 6.45) is 15.6. The number of aliphatic hydroxyl groups excluding tert-OH is 3. The lowest BCUT2D eigenvalue weighted by Crippen LogP contribution is -2.40. The molecule has 0 radical (unpaired) electrons. The fraction of sp³-hybridized carbons (Fsp3) is 0.870. The normalized spacial score (nSPS) is 28.6. The van der Waals surface area contributed by atoms with Crippen LogP contribution in [0.2, 0.25) is 0 Å². The van der Waals surface area contributed by atoms with E-state index >= 15 is 0 Å². The first-order chi connectivity index (χ1) is 13.0. The maximum atomic E-state index is 12.3. The van der Waals surface area contributed by atoms with Crippen LogP contribution in [0, 0.1) is 17.3 Å². The first kappa shape index (κ1) is 22.6. The minimum absolute atomic E-state index is 0.0300. The van der Waals surface area contributed by atoms with Crippen molar-refractivity contribution in [2.24, 2.45) is 17.3 Å². The quantitative estimate of drug-likeness (QED) is 0.331. The van der Waals surface area contributed by atoms with Crippen LogP contribution in [0.25, 0.3) is 0 Å². The third kappa shape index (κ3) is 6.13. The minimum Gasteiger partial charge on any atom is -0.396 e. The predicted molar refractivity (Wildman–Crippen MR) is 108 cm³/mol. The monoisotopic (exact) mass is 380 g/mol. The summed E-state index contributed by atoms with van der Waals surface area (Å²) in [6.45, 7) is 2.44. The Morgan fingerprint density at radius 3 is 2.48 bits per heavy atom. The van der Waals surface area contributed by atoms with E-state index in [1.807, 2.05) is 12.2 Å². The van der Waals surface area contributed by atoms with E-state index in [9.17, 15) is 15.0 Å². The van der Waals surface area contributed by atoms with Gasteiger partial charge in [0.25, 0.3) is 0 Å². The molecule has 0 unspecified atom stereocenters. The van der Waals surface area contributed by atoms with Gasteiger partial charge in [-0.15, -0.1) is 0 Å². The molecule has 0 aromatic heterocycles. The molecule has 4 atom stereocenters. The van der Waals surface area contributed by atoms with Gasteiger partial charge in [0.2, 0.25) is 0 Å². The highest BCUT2D eigenvalue weighted by molar-refractivity contribution is 5.84. The van der Waals surface area contributed by atoms with Gasteiger partial charge in [-0.3, -0.25) is 4.79 Å². The number of rotatable bonds is 13. The van der Waals surface area contributed by atoms with Crippen molar-refractivity contribution >= 4 is 5.78 Å². The molecular weight excluding hydrogens is 340 g/mol. The van der Waals surface area contributed by atoms with E-state index < -0.39 is 12.2 Å². The van der Waals surface area contributed by atoms with Gasteiger partial charge >= 0.3 is 0 Å². The number of carbonyl (C=O) groups is 1. The van der Waals surface area contributed by atoms with E-state index in [0.29, 0.717) is 0 Å². The number of aliphatic hydroxyl groups is 3. The average Bonchev–Trinajstić information content (AvgIpc) is 2.88. The maximum Gasteiger partial charge on any atom is 0.139 e. The molecule has 2 saturated carbocycles. The van der Waals surface area contributed by atoms with E-state index in [4.69, 9.17) is 5.11 Å². The minimum atomic E-state index is -0.603. The van der Waals surface area contributed by atoms with E-state index in [2.05, 4.69) is 6.92 Å². The summed E-state index contributed by atoms with van der Waals surface area (Å²) in [5.74, 6) is -0.0755. The van der Waals surface area contributed by atoms with Gasteiger partial charge in [0.1, 0.15) is 5.78 Å². The van der Waals surface area contributed by atoms with E-state index in [1.165, 1.54) is 6.42 Å². The van der Waals surface area contributed by atoms with Gasteiger partial charge in [0, 0.05) is 24.9 Å². The molecule has 4 heteroatoms. The SMILES string of the molecule is CCCCC1([C@@H](O)C=C[C@H]2[C@H](O)CC(=O)[C@@H]2CCCCCCCO)CCC1. The molecule has 2 aliphatic carbocycles. The molecule has 0 amide bonds. The molecule has 0 aromatic carbocycles. The molecule has 27 heavy (non-hydrogen) atoms. The lowest BCUT2D eigenvalue weighted by Gasteiger charge is -2.45. The smallest absolute Gasteiger partial charge is 0.139 e. The Morgan fingerprint density at radius 2 is 1.85 bits per heavy atom. The van der Waals surface area contributed by atoms with E-state index in [1.54, 1.807) is 0 Å². The van der Waals surface area contributed by atoms with Crippen LogP contribution in [0.3, 0.4) is 0 Å². The molecule has 2 fully saturated rings. The van der Waals surface area contributed by atoms with E-state index in [0.717, 1.165) is 70.6 Å². The summed E-state index contributed by atoms with van der Waals surface area (Å²) < 4.78 is 0. The molecule has 0 spiro atoms. The van der Waals surface area contributed by atoms with Crippen LogP contribution in [0.5, 0.6) is 0 Å². The van der Waals surface area contributed by atoms with Crippen molar-refractivity contribution in [3.63, 3.8) is 0 Å². The van der Waals surface area contributed by atoms with Crippen molar-refractivity contribution in [3.8, 4) is 0 Å². The van der Waals surface area contributed by atoms with Crippen LogP contribution in [0.4, 0.5) is 0 Å². The lowest BCUT2D eigenvalue weighted by molar-refractivity contribution is -0.121. The van der Waals surface area contributed by atoms with Gasteiger partial charge < -0.3 is 15.3 Å². The second kappa shape index (κ2) is 11.3. The third-order valence-electron chi connectivity index (χ3n) is 6.93. The van der Waals surface area contributed by atoms with Gasteiger partial charge in [0.05, 0.1) is 12.2 Å². The van der Waals surface area contributed by atoms with Crippen LogP contribution in [0.15, 0.2) is 12.2 Å². The Balaban J connectivity index is 1.87. The Kier molecular flexibility index (Phi) is 9.47. The van der Waals surface area contributed by atoms with Gasteiger partial charge in [-0.2, -0.15) is 0 Å². The molecule has 156 valence electrons. The number of carbonyl (C=O) groups excluding carboxylic acids is 1. The molecule has 4 nitrogen and oxygen atoms in total. The average molecular weight is 381 g/mol. The predicted octanol–water partition coefficient (Wildman–Crippen LogP) is 4.16. The van der Waals surface area contributed by atoms with Gasteiger partial charge in [-0.05, 0) is 37.5 Å². The van der Waals surface area contributed by atoms with Crippen molar-refractivity contribution < 1.29 is 20.1 Å². The standard InChI is InChI=1S/C23H40O4/c1-2-3-13-23(14-9-15-23)22(27)12-11-19-18(20(25)17-21(19)26)10-7-5-4-6-8-16-24/h11-12,18-19,21-22,24,26-27H,2-10,13-17H2,1H3/t18-,19-,21-,22+/m1/s1. The zero-order valence-electron chi connectivity index (χ0n) is 17.1. The summed E-state index contributed by atoms with van der Waals surface area (Å²) >= 11 is 0. The fourth-order valence-corrected chi connectivity index (χ4v) is 4.89. The van der Waals surface area contributed by atoms with Crippen LogP contribution in [-0.4, -0.2) is 39.9 Å². The Bertz CT molecular complexity index is 469. The third-order valence-corrected chi connectivity index (χ3v) is 6.93. The molecule has 2 aliphatic rings.